The monoisotopic (exact) mass is 970 g/mol. The normalized spacial score (nSPS) is 12.8. The van der Waals surface area contributed by atoms with E-state index >= 15 is 0 Å². The second-order valence-corrected chi connectivity index (χ2v) is 19.8. The van der Waals surface area contributed by atoms with Crippen LogP contribution >= 0.6 is 0 Å². The quantitative estimate of drug-likeness (QED) is 0.127. The van der Waals surface area contributed by atoms with Crippen LogP contribution in [0.2, 0.25) is 0 Å². The molecule has 0 atom stereocenters. The van der Waals surface area contributed by atoms with E-state index in [1.165, 1.54) is 49.8 Å². The Hall–Kier alpha value is -9.97. The van der Waals surface area contributed by atoms with Crippen molar-refractivity contribution in [2.24, 2.45) is 0 Å². The lowest BCUT2D eigenvalue weighted by molar-refractivity contribution is -0.512. The lowest BCUT2D eigenvalue weighted by Crippen LogP contribution is -2.89. The molecule has 14 rings (SSSR count). The van der Waals surface area contributed by atoms with E-state index in [0.29, 0.717) is 0 Å². The van der Waals surface area contributed by atoms with Crippen molar-refractivity contribution < 1.29 is 4.48 Å². The van der Waals surface area contributed by atoms with Gasteiger partial charge in [-0.1, -0.05) is 237 Å². The van der Waals surface area contributed by atoms with Crippen molar-refractivity contribution in [3.05, 3.63) is 309 Å². The summed E-state index contributed by atoms with van der Waals surface area (Å²) < 4.78 is 2.72. The largest absolute Gasteiger partial charge is 0.410 e. The number of benzene rings is 11. The molecule has 0 fully saturated rings. The van der Waals surface area contributed by atoms with Gasteiger partial charge in [-0.25, -0.2) is 9.80 Å². The molecule has 0 unspecified atom stereocenters. The molecular weight excluding hydrogens is 920 g/mol. The molecule has 2 aliphatic rings. The Morgan fingerprint density at radius 2 is 0.566 bits per heavy atom. The predicted octanol–water partition coefficient (Wildman–Crippen LogP) is 16.2. The summed E-state index contributed by atoms with van der Waals surface area (Å²) in [4.78, 5) is 7.45. The molecule has 11 aromatic carbocycles. The van der Waals surface area contributed by atoms with E-state index in [4.69, 9.17) is 0 Å². The molecule has 5 heteroatoms. The van der Waals surface area contributed by atoms with E-state index in [1.54, 1.807) is 0 Å². The highest BCUT2D eigenvalue weighted by atomic mass is 15.3. The minimum atomic E-state index is -2.06. The Bertz CT molecular complexity index is 3770. The molecule has 12 aromatic rings. The molecule has 0 N–H and O–H groups in total. The highest BCUT2D eigenvalue weighted by molar-refractivity contribution is 7.07. The van der Waals surface area contributed by atoms with Gasteiger partial charge in [-0.05, 0) is 105 Å². The first-order chi connectivity index (χ1) is 37.7. The smallest absolute Gasteiger partial charge is 0.250 e. The molecule has 358 valence electrons. The Morgan fingerprint density at radius 3 is 0.934 bits per heavy atom. The molecule has 3 heterocycles. The summed E-state index contributed by atoms with van der Waals surface area (Å²) >= 11 is 0. The standard InChI is InChI=1S/C71H51BN4/c1-8-22-52(23-9-1)56-36-42-63(43-37-56)74-68-46-40-58(54-26-12-3-13-27-54)48-66(68)72(60-30-16-5-17-31-60)67-49-59(55-28-14-4-15-29-55)41-47-69(67)75(64-44-38-57(39-45-64)53-24-10-2-11-25-53)71-51-65(50-70(74)76(71)72)73(61-32-18-6-19-33-61)62-34-20-7-21-35-62/h1-51H. The summed E-state index contributed by atoms with van der Waals surface area (Å²) in [6.45, 7) is 0. The fraction of sp³-hybridized carbons (Fsp3) is 0. The van der Waals surface area contributed by atoms with Crippen LogP contribution in [0.1, 0.15) is 0 Å². The van der Waals surface area contributed by atoms with E-state index in [0.717, 1.165) is 62.6 Å². The molecule has 0 radical (unpaired) electrons. The number of para-hydroxylation sites is 2. The van der Waals surface area contributed by atoms with Gasteiger partial charge in [0.25, 0.3) is 0 Å². The van der Waals surface area contributed by atoms with Crippen LogP contribution in [0.15, 0.2) is 309 Å². The predicted molar refractivity (Wildman–Crippen MR) is 319 cm³/mol. The van der Waals surface area contributed by atoms with Crippen molar-refractivity contribution >= 4 is 74.1 Å². The molecule has 0 amide bonds. The average molecular weight is 971 g/mol. The topological polar surface area (TPSA) is 13.6 Å². The Labute approximate surface area is 444 Å². The molecule has 0 spiro atoms. The number of hydrogen-bond donors (Lipinski definition) is 0. The number of aromatic nitrogens is 1. The third-order valence-corrected chi connectivity index (χ3v) is 15.6. The lowest BCUT2D eigenvalue weighted by Gasteiger charge is -2.54. The zero-order valence-electron chi connectivity index (χ0n) is 41.8. The van der Waals surface area contributed by atoms with Crippen LogP contribution in [0.3, 0.4) is 0 Å². The maximum absolute atomic E-state index is 2.72. The zero-order valence-corrected chi connectivity index (χ0v) is 41.8. The van der Waals surface area contributed by atoms with Gasteiger partial charge in [0.2, 0.25) is 6.28 Å². The molecule has 0 aliphatic carbocycles. The number of anilines is 9. The van der Waals surface area contributed by atoms with Gasteiger partial charge in [0, 0.05) is 23.5 Å². The molecule has 76 heavy (non-hydrogen) atoms. The number of hydrogen-bond acceptors (Lipinski definition) is 3. The number of nitrogens with zero attached hydrogens (tertiary/aromatic N) is 4. The van der Waals surface area contributed by atoms with Crippen LogP contribution in [-0.2, 0) is 0 Å². The van der Waals surface area contributed by atoms with Gasteiger partial charge in [0.15, 0.2) is 11.6 Å². The van der Waals surface area contributed by atoms with Gasteiger partial charge in [-0.2, -0.15) is 5.46 Å². The maximum atomic E-state index is 2.72. The van der Waals surface area contributed by atoms with Crippen LogP contribution in [-0.4, -0.2) is 6.28 Å². The van der Waals surface area contributed by atoms with Gasteiger partial charge in [0.05, 0.1) is 17.1 Å². The van der Waals surface area contributed by atoms with E-state index in [-0.39, 0.29) is 0 Å². The lowest BCUT2D eigenvalue weighted by atomic mass is 9.22. The van der Waals surface area contributed by atoms with Crippen molar-refractivity contribution in [1.29, 1.82) is 0 Å². The first-order valence-corrected chi connectivity index (χ1v) is 26.2. The van der Waals surface area contributed by atoms with E-state index < -0.39 is 6.28 Å². The fourth-order valence-corrected chi connectivity index (χ4v) is 12.2. The molecule has 0 bridgehead atoms. The highest BCUT2D eigenvalue weighted by Gasteiger charge is 2.52. The van der Waals surface area contributed by atoms with Crippen molar-refractivity contribution in [2.75, 3.05) is 14.7 Å². The summed E-state index contributed by atoms with van der Waals surface area (Å²) in [6.07, 6.45) is -2.06. The summed E-state index contributed by atoms with van der Waals surface area (Å²) in [5, 5.41) is 0. The fourth-order valence-electron chi connectivity index (χ4n) is 12.2. The highest BCUT2D eigenvalue weighted by Crippen LogP contribution is 2.48. The third-order valence-electron chi connectivity index (χ3n) is 15.6. The number of pyridine rings is 1. The molecule has 0 saturated heterocycles. The Kier molecular flexibility index (Phi) is 11.1. The van der Waals surface area contributed by atoms with E-state index in [9.17, 15) is 0 Å². The van der Waals surface area contributed by atoms with Crippen molar-refractivity contribution in [3.8, 4) is 44.5 Å². The summed E-state index contributed by atoms with van der Waals surface area (Å²) in [5.74, 6) is 2.09. The average Bonchev–Trinajstić information content (AvgIpc) is 3.60. The minimum absolute atomic E-state index is 1.03. The van der Waals surface area contributed by atoms with Crippen LogP contribution in [0.4, 0.5) is 51.4 Å². The van der Waals surface area contributed by atoms with Gasteiger partial charge in [-0.15, -0.1) is 10.9 Å². The van der Waals surface area contributed by atoms with Crippen molar-refractivity contribution in [1.82, 2.24) is 0 Å². The second-order valence-electron chi connectivity index (χ2n) is 19.8. The first kappa shape index (κ1) is 44.7. The van der Waals surface area contributed by atoms with Gasteiger partial charge >= 0.3 is 0 Å². The maximum Gasteiger partial charge on any atom is 0.250 e. The number of fused-ring (bicyclic) bond motifs is 4. The van der Waals surface area contributed by atoms with Gasteiger partial charge in [0.1, 0.15) is 11.4 Å². The molecular formula is C71H51BN4. The third kappa shape index (κ3) is 7.51. The zero-order chi connectivity index (χ0) is 50.4. The van der Waals surface area contributed by atoms with E-state index in [1.807, 2.05) is 0 Å². The Balaban J connectivity index is 1.15. The molecule has 1 aromatic heterocycles. The van der Waals surface area contributed by atoms with Crippen LogP contribution in [0.5, 0.6) is 0 Å². The summed E-state index contributed by atoms with van der Waals surface area (Å²) in [6, 6.07) is 114. The second kappa shape index (κ2) is 18.8. The summed E-state index contributed by atoms with van der Waals surface area (Å²) in [5.41, 5.74) is 20.6. The number of rotatable bonds is 10. The van der Waals surface area contributed by atoms with Gasteiger partial charge in [-0.3, -0.25) is 0 Å². The molecule has 2 aliphatic heterocycles. The van der Waals surface area contributed by atoms with Crippen LogP contribution in [0, 0.1) is 0 Å². The Morgan fingerprint density at radius 1 is 0.263 bits per heavy atom. The first-order valence-electron chi connectivity index (χ1n) is 26.2. The SMILES string of the molecule is c1ccc(-c2ccc(N3c4ccc(-c5ccccc5)cc4[B-]4(c5ccccc5)c5cc(-c6ccccc6)ccc5N(c5ccc(-c6ccccc6)cc5)c5cc(N(c6ccccc6)c6ccccc6)cc3[n+]54)cc2)cc1. The van der Waals surface area contributed by atoms with E-state index in [2.05, 4.69) is 329 Å². The van der Waals surface area contributed by atoms with Crippen LogP contribution < -0.4 is 35.6 Å². The summed E-state index contributed by atoms with van der Waals surface area (Å²) in [7, 11) is 0. The van der Waals surface area contributed by atoms with Crippen molar-refractivity contribution in [2.45, 2.75) is 0 Å². The minimum Gasteiger partial charge on any atom is -0.410 e. The molecule has 4 nitrogen and oxygen atoms in total. The van der Waals surface area contributed by atoms with Gasteiger partial charge < -0.3 is 9.38 Å². The van der Waals surface area contributed by atoms with Crippen LogP contribution in [0.25, 0.3) is 44.5 Å². The molecule has 0 saturated carbocycles. The van der Waals surface area contributed by atoms with Crippen molar-refractivity contribution in [3.63, 3.8) is 0 Å².